The summed E-state index contributed by atoms with van der Waals surface area (Å²) >= 11 is 0. The van der Waals surface area contributed by atoms with Crippen molar-refractivity contribution in [1.82, 2.24) is 9.80 Å². The van der Waals surface area contributed by atoms with Crippen molar-refractivity contribution < 1.29 is 0 Å². The third kappa shape index (κ3) is 2.77. The second-order valence-corrected chi connectivity index (χ2v) is 4.49. The zero-order chi connectivity index (χ0) is 12.3. The van der Waals surface area contributed by atoms with Crippen LogP contribution in [0.5, 0.6) is 0 Å². The summed E-state index contributed by atoms with van der Waals surface area (Å²) in [4.78, 5) is 4.36. The molecule has 1 aliphatic heterocycles. The number of nitrogens with two attached hydrogens (primary N) is 1. The number of guanidine groups is 1. The van der Waals surface area contributed by atoms with Crippen LogP contribution in [-0.2, 0) is 0 Å². The molecule has 3 N–H and O–H groups in total. The standard InChI is InChI=1S/C13H20N4/c1-11(12-5-3-2-4-6-12)16-7-9-17(10-8-16)13(14)15/h2-6,11H,7-10H2,1H3,(H3,14,15)/t11-/m0/s1. The lowest BCUT2D eigenvalue weighted by atomic mass is 10.1. The van der Waals surface area contributed by atoms with E-state index in [0.29, 0.717) is 6.04 Å². The number of hydrogen-bond donors (Lipinski definition) is 2. The fourth-order valence-corrected chi connectivity index (χ4v) is 2.29. The fourth-order valence-electron chi connectivity index (χ4n) is 2.29. The molecular weight excluding hydrogens is 212 g/mol. The molecule has 0 bridgehead atoms. The van der Waals surface area contributed by atoms with Gasteiger partial charge in [0.05, 0.1) is 0 Å². The van der Waals surface area contributed by atoms with Gasteiger partial charge in [-0.3, -0.25) is 10.3 Å². The van der Waals surface area contributed by atoms with E-state index in [4.69, 9.17) is 11.1 Å². The molecule has 1 heterocycles. The number of piperazine rings is 1. The van der Waals surface area contributed by atoms with Gasteiger partial charge in [-0.05, 0) is 12.5 Å². The molecule has 0 radical (unpaired) electrons. The molecule has 2 rings (SSSR count). The Labute approximate surface area is 103 Å². The minimum Gasteiger partial charge on any atom is -0.370 e. The van der Waals surface area contributed by atoms with Gasteiger partial charge in [0.1, 0.15) is 0 Å². The Hall–Kier alpha value is -1.55. The summed E-state index contributed by atoms with van der Waals surface area (Å²) in [5, 5.41) is 7.41. The molecule has 1 atom stereocenters. The van der Waals surface area contributed by atoms with Crippen molar-refractivity contribution in [2.45, 2.75) is 13.0 Å². The fraction of sp³-hybridized carbons (Fsp3) is 0.462. The van der Waals surface area contributed by atoms with Crippen molar-refractivity contribution >= 4 is 5.96 Å². The van der Waals surface area contributed by atoms with E-state index in [0.717, 1.165) is 26.2 Å². The molecule has 0 aliphatic carbocycles. The molecule has 0 amide bonds. The molecule has 1 aliphatic rings. The van der Waals surface area contributed by atoms with Crippen molar-refractivity contribution in [2.75, 3.05) is 26.2 Å². The first-order valence-corrected chi connectivity index (χ1v) is 6.06. The van der Waals surface area contributed by atoms with E-state index in [1.165, 1.54) is 5.56 Å². The van der Waals surface area contributed by atoms with Crippen LogP contribution in [0.3, 0.4) is 0 Å². The molecule has 0 aromatic heterocycles. The molecule has 1 saturated heterocycles. The topological polar surface area (TPSA) is 56.4 Å². The van der Waals surface area contributed by atoms with Gasteiger partial charge >= 0.3 is 0 Å². The maximum atomic E-state index is 7.41. The molecule has 92 valence electrons. The molecule has 1 aromatic carbocycles. The zero-order valence-corrected chi connectivity index (χ0v) is 10.3. The minimum atomic E-state index is 0.192. The number of rotatable bonds is 2. The van der Waals surface area contributed by atoms with Crippen LogP contribution < -0.4 is 5.73 Å². The third-order valence-electron chi connectivity index (χ3n) is 3.48. The van der Waals surface area contributed by atoms with E-state index in [9.17, 15) is 0 Å². The Balaban J connectivity index is 1.95. The van der Waals surface area contributed by atoms with Gasteiger partial charge in [0.2, 0.25) is 0 Å². The van der Waals surface area contributed by atoms with Crippen LogP contribution in [0.1, 0.15) is 18.5 Å². The molecule has 4 heteroatoms. The second kappa shape index (κ2) is 5.19. The van der Waals surface area contributed by atoms with E-state index in [2.05, 4.69) is 36.1 Å². The summed E-state index contributed by atoms with van der Waals surface area (Å²) in [5.74, 6) is 0.192. The molecule has 4 nitrogen and oxygen atoms in total. The molecule has 0 unspecified atom stereocenters. The van der Waals surface area contributed by atoms with E-state index < -0.39 is 0 Å². The largest absolute Gasteiger partial charge is 0.370 e. The summed E-state index contributed by atoms with van der Waals surface area (Å²) in [7, 11) is 0. The Bertz CT molecular complexity index is 368. The lowest BCUT2D eigenvalue weighted by Crippen LogP contribution is -2.51. The summed E-state index contributed by atoms with van der Waals surface area (Å²) < 4.78 is 0. The molecule has 17 heavy (non-hydrogen) atoms. The van der Waals surface area contributed by atoms with Crippen LogP contribution >= 0.6 is 0 Å². The smallest absolute Gasteiger partial charge is 0.188 e. The number of nitrogens with zero attached hydrogens (tertiary/aromatic N) is 2. The van der Waals surface area contributed by atoms with Gasteiger partial charge in [-0.1, -0.05) is 30.3 Å². The second-order valence-electron chi connectivity index (χ2n) is 4.49. The average Bonchev–Trinajstić information content (AvgIpc) is 2.39. The maximum Gasteiger partial charge on any atom is 0.188 e. The van der Waals surface area contributed by atoms with Crippen molar-refractivity contribution in [1.29, 1.82) is 5.41 Å². The normalized spacial score (nSPS) is 19.0. The summed E-state index contributed by atoms with van der Waals surface area (Å²) in [6.07, 6.45) is 0. The Morgan fingerprint density at radius 3 is 2.29 bits per heavy atom. The first-order chi connectivity index (χ1) is 8.18. The predicted octanol–water partition coefficient (Wildman–Crippen LogP) is 1.26. The van der Waals surface area contributed by atoms with Gasteiger partial charge in [0.25, 0.3) is 0 Å². The average molecular weight is 232 g/mol. The van der Waals surface area contributed by atoms with Gasteiger partial charge in [-0.15, -0.1) is 0 Å². The van der Waals surface area contributed by atoms with Crippen LogP contribution in [-0.4, -0.2) is 41.9 Å². The highest BCUT2D eigenvalue weighted by Crippen LogP contribution is 2.20. The van der Waals surface area contributed by atoms with Crippen molar-refractivity contribution in [3.05, 3.63) is 35.9 Å². The number of nitrogens with one attached hydrogen (secondary N) is 1. The molecule has 1 aromatic rings. The van der Waals surface area contributed by atoms with Crippen LogP contribution in [0, 0.1) is 5.41 Å². The van der Waals surface area contributed by atoms with E-state index in [-0.39, 0.29) is 5.96 Å². The van der Waals surface area contributed by atoms with Gasteiger partial charge in [-0.25, -0.2) is 0 Å². The van der Waals surface area contributed by atoms with Crippen LogP contribution in [0.25, 0.3) is 0 Å². The maximum absolute atomic E-state index is 7.41. The molecule has 0 saturated carbocycles. The minimum absolute atomic E-state index is 0.192. The Kier molecular flexibility index (Phi) is 3.64. The highest BCUT2D eigenvalue weighted by Gasteiger charge is 2.22. The highest BCUT2D eigenvalue weighted by molar-refractivity contribution is 5.74. The van der Waals surface area contributed by atoms with Crippen molar-refractivity contribution in [3.8, 4) is 0 Å². The van der Waals surface area contributed by atoms with Gasteiger partial charge < -0.3 is 10.6 Å². The van der Waals surface area contributed by atoms with E-state index >= 15 is 0 Å². The van der Waals surface area contributed by atoms with Crippen molar-refractivity contribution in [2.24, 2.45) is 5.73 Å². The highest BCUT2D eigenvalue weighted by atomic mass is 15.3. The number of hydrogen-bond acceptors (Lipinski definition) is 2. The van der Waals surface area contributed by atoms with Crippen LogP contribution in [0.4, 0.5) is 0 Å². The lowest BCUT2D eigenvalue weighted by molar-refractivity contribution is 0.139. The lowest BCUT2D eigenvalue weighted by Gasteiger charge is -2.38. The third-order valence-corrected chi connectivity index (χ3v) is 3.48. The Morgan fingerprint density at radius 1 is 1.18 bits per heavy atom. The van der Waals surface area contributed by atoms with Crippen molar-refractivity contribution in [3.63, 3.8) is 0 Å². The van der Waals surface area contributed by atoms with Gasteiger partial charge in [0, 0.05) is 32.2 Å². The summed E-state index contributed by atoms with van der Waals surface area (Å²) in [5.41, 5.74) is 6.84. The molecule has 1 fully saturated rings. The first kappa shape index (κ1) is 11.9. The monoisotopic (exact) mass is 232 g/mol. The molecule has 0 spiro atoms. The van der Waals surface area contributed by atoms with E-state index in [1.54, 1.807) is 0 Å². The van der Waals surface area contributed by atoms with Crippen LogP contribution in [0.15, 0.2) is 30.3 Å². The van der Waals surface area contributed by atoms with E-state index in [1.807, 2.05) is 11.0 Å². The first-order valence-electron chi connectivity index (χ1n) is 6.06. The number of benzene rings is 1. The summed E-state index contributed by atoms with van der Waals surface area (Å²) in [6, 6.07) is 11.0. The predicted molar refractivity (Wildman–Crippen MR) is 69.9 cm³/mol. The summed E-state index contributed by atoms with van der Waals surface area (Å²) in [6.45, 7) is 5.88. The Morgan fingerprint density at radius 2 is 1.76 bits per heavy atom. The zero-order valence-electron chi connectivity index (χ0n) is 10.3. The SMILES string of the molecule is C[C@@H](c1ccccc1)N1CCN(C(=N)N)CC1. The van der Waals surface area contributed by atoms with Crippen LogP contribution in [0.2, 0.25) is 0 Å². The molecular formula is C13H20N4. The van der Waals surface area contributed by atoms with Gasteiger partial charge in [0.15, 0.2) is 5.96 Å². The van der Waals surface area contributed by atoms with Gasteiger partial charge in [-0.2, -0.15) is 0 Å². The quantitative estimate of drug-likeness (QED) is 0.596.